The molecule has 0 aromatic heterocycles. The molecule has 0 radical (unpaired) electrons. The Labute approximate surface area is 159 Å². The molecule has 0 atom stereocenters. The van der Waals surface area contributed by atoms with Gasteiger partial charge in [-0.1, -0.05) is 18.7 Å². The van der Waals surface area contributed by atoms with Crippen LogP contribution in [0.15, 0.2) is 54.6 Å². The van der Waals surface area contributed by atoms with Crippen molar-refractivity contribution >= 4 is 17.7 Å². The number of amides is 1. The van der Waals surface area contributed by atoms with Crippen LogP contribution in [0.4, 0.5) is 5.69 Å². The minimum Gasteiger partial charge on any atom is -0.497 e. The van der Waals surface area contributed by atoms with Gasteiger partial charge >= 0.3 is 0 Å². The number of nitriles is 1. The number of methoxy groups -OCH3 is 1. The molecule has 0 bridgehead atoms. The number of nitrogens with zero attached hydrogens (tertiary/aromatic N) is 1. The molecule has 2 aromatic carbocycles. The first-order chi connectivity index (χ1) is 13.0. The molecule has 0 saturated carbocycles. The number of carbonyl (C=O) groups is 1. The molecule has 5 heteroatoms. The SMILES string of the molecule is C=CCOc1cc(OC)ccc1/C=C(\C#N)C(=O)Nc1ccc(C)c(C)c1. The molecule has 0 unspecified atom stereocenters. The molecular formula is C22H22N2O3. The minimum atomic E-state index is -0.480. The molecule has 0 heterocycles. The quantitative estimate of drug-likeness (QED) is 0.449. The largest absolute Gasteiger partial charge is 0.497 e. The normalized spacial score (nSPS) is 10.7. The smallest absolute Gasteiger partial charge is 0.266 e. The van der Waals surface area contributed by atoms with Gasteiger partial charge in [-0.05, 0) is 55.3 Å². The highest BCUT2D eigenvalue weighted by Crippen LogP contribution is 2.27. The first kappa shape index (κ1) is 19.8. The Bertz CT molecular complexity index is 924. The fraction of sp³-hybridized carbons (Fsp3) is 0.182. The Kier molecular flexibility index (Phi) is 6.79. The van der Waals surface area contributed by atoms with Gasteiger partial charge in [-0.3, -0.25) is 4.79 Å². The van der Waals surface area contributed by atoms with Gasteiger partial charge < -0.3 is 14.8 Å². The number of rotatable bonds is 7. The summed E-state index contributed by atoms with van der Waals surface area (Å²) in [5, 5.41) is 12.2. The van der Waals surface area contributed by atoms with E-state index in [0.29, 0.717) is 29.4 Å². The van der Waals surface area contributed by atoms with Crippen LogP contribution in [-0.2, 0) is 4.79 Å². The van der Waals surface area contributed by atoms with Gasteiger partial charge in [0.15, 0.2) is 0 Å². The van der Waals surface area contributed by atoms with E-state index in [1.165, 1.54) is 6.08 Å². The van der Waals surface area contributed by atoms with Crippen LogP contribution in [0.2, 0.25) is 0 Å². The molecule has 0 fully saturated rings. The number of anilines is 1. The molecule has 0 spiro atoms. The average molecular weight is 362 g/mol. The Balaban J connectivity index is 2.31. The van der Waals surface area contributed by atoms with Crippen molar-refractivity contribution in [3.63, 3.8) is 0 Å². The highest BCUT2D eigenvalue weighted by molar-refractivity contribution is 6.09. The molecule has 0 aliphatic carbocycles. The Morgan fingerprint density at radius 1 is 1.22 bits per heavy atom. The second-order valence-corrected chi connectivity index (χ2v) is 5.93. The first-order valence-electron chi connectivity index (χ1n) is 8.40. The number of benzene rings is 2. The monoisotopic (exact) mass is 362 g/mol. The number of hydrogen-bond acceptors (Lipinski definition) is 4. The van der Waals surface area contributed by atoms with Crippen LogP contribution >= 0.6 is 0 Å². The number of nitrogens with one attached hydrogen (secondary N) is 1. The van der Waals surface area contributed by atoms with E-state index in [2.05, 4.69) is 11.9 Å². The molecule has 2 rings (SSSR count). The van der Waals surface area contributed by atoms with E-state index >= 15 is 0 Å². The van der Waals surface area contributed by atoms with Gasteiger partial charge in [0.2, 0.25) is 0 Å². The summed E-state index contributed by atoms with van der Waals surface area (Å²) in [6.45, 7) is 7.88. The van der Waals surface area contributed by atoms with Crippen LogP contribution in [0.3, 0.4) is 0 Å². The molecule has 1 amide bonds. The number of hydrogen-bond donors (Lipinski definition) is 1. The average Bonchev–Trinajstić information content (AvgIpc) is 2.67. The van der Waals surface area contributed by atoms with Crippen LogP contribution in [0.1, 0.15) is 16.7 Å². The summed E-state index contributed by atoms with van der Waals surface area (Å²) in [7, 11) is 1.56. The maximum atomic E-state index is 12.5. The minimum absolute atomic E-state index is 0.0261. The van der Waals surface area contributed by atoms with E-state index in [1.807, 2.05) is 32.0 Å². The molecule has 5 nitrogen and oxygen atoms in total. The first-order valence-corrected chi connectivity index (χ1v) is 8.40. The van der Waals surface area contributed by atoms with Crippen molar-refractivity contribution in [2.75, 3.05) is 19.0 Å². The molecule has 0 aliphatic rings. The van der Waals surface area contributed by atoms with Crippen molar-refractivity contribution in [1.29, 1.82) is 5.26 Å². The third-order valence-electron chi connectivity index (χ3n) is 4.01. The Morgan fingerprint density at radius 2 is 2.00 bits per heavy atom. The van der Waals surface area contributed by atoms with Gasteiger partial charge in [0.25, 0.3) is 5.91 Å². The van der Waals surface area contributed by atoms with E-state index in [4.69, 9.17) is 9.47 Å². The highest BCUT2D eigenvalue weighted by Gasteiger charge is 2.12. The van der Waals surface area contributed by atoms with Crippen molar-refractivity contribution in [3.05, 3.63) is 71.3 Å². The maximum absolute atomic E-state index is 12.5. The summed E-state index contributed by atoms with van der Waals surface area (Å²) in [6.07, 6.45) is 3.11. The van der Waals surface area contributed by atoms with E-state index in [-0.39, 0.29) is 5.57 Å². The highest BCUT2D eigenvalue weighted by atomic mass is 16.5. The van der Waals surface area contributed by atoms with Crippen molar-refractivity contribution in [3.8, 4) is 17.6 Å². The number of aryl methyl sites for hydroxylation is 2. The lowest BCUT2D eigenvalue weighted by atomic mass is 10.1. The maximum Gasteiger partial charge on any atom is 0.266 e. The summed E-state index contributed by atoms with van der Waals surface area (Å²) in [5.41, 5.74) is 3.41. The van der Waals surface area contributed by atoms with Crippen molar-refractivity contribution in [2.24, 2.45) is 0 Å². The topological polar surface area (TPSA) is 71.3 Å². The van der Waals surface area contributed by atoms with Crippen molar-refractivity contribution < 1.29 is 14.3 Å². The molecule has 0 saturated heterocycles. The lowest BCUT2D eigenvalue weighted by Crippen LogP contribution is -2.13. The third-order valence-corrected chi connectivity index (χ3v) is 4.01. The standard InChI is InChI=1S/C22H22N2O3/c1-5-10-27-21-13-20(26-4)9-7-17(21)12-18(14-23)22(25)24-19-8-6-15(2)16(3)11-19/h5-9,11-13H,1,10H2,2-4H3,(H,24,25)/b18-12+. The lowest BCUT2D eigenvalue weighted by Gasteiger charge is -2.10. The van der Waals surface area contributed by atoms with Crippen molar-refractivity contribution in [2.45, 2.75) is 13.8 Å². The van der Waals surface area contributed by atoms with E-state index < -0.39 is 5.91 Å². The zero-order chi connectivity index (χ0) is 19.8. The summed E-state index contributed by atoms with van der Waals surface area (Å²) >= 11 is 0. The molecule has 27 heavy (non-hydrogen) atoms. The molecular weight excluding hydrogens is 340 g/mol. The second-order valence-electron chi connectivity index (χ2n) is 5.93. The van der Waals surface area contributed by atoms with Crippen molar-refractivity contribution in [1.82, 2.24) is 0 Å². The van der Waals surface area contributed by atoms with Gasteiger partial charge in [-0.25, -0.2) is 0 Å². The summed E-state index contributed by atoms with van der Waals surface area (Å²) in [4.78, 5) is 12.5. The predicted molar refractivity (Wildman–Crippen MR) is 107 cm³/mol. The zero-order valence-electron chi connectivity index (χ0n) is 15.7. The summed E-state index contributed by atoms with van der Waals surface area (Å²) in [6, 6.07) is 12.7. The Morgan fingerprint density at radius 3 is 2.63 bits per heavy atom. The van der Waals surface area contributed by atoms with E-state index in [0.717, 1.165) is 11.1 Å². The van der Waals surface area contributed by atoms with Crippen LogP contribution in [0.5, 0.6) is 11.5 Å². The predicted octanol–water partition coefficient (Wildman–Crippen LogP) is 4.42. The Hall–Kier alpha value is -3.52. The molecule has 1 N–H and O–H groups in total. The van der Waals surface area contributed by atoms with Crippen LogP contribution in [0.25, 0.3) is 6.08 Å². The molecule has 0 aliphatic heterocycles. The van der Waals surface area contributed by atoms with Gasteiger partial charge in [-0.2, -0.15) is 5.26 Å². The van der Waals surface area contributed by atoms with Crippen LogP contribution in [-0.4, -0.2) is 19.6 Å². The number of ether oxygens (including phenoxy) is 2. The fourth-order valence-electron chi connectivity index (χ4n) is 2.36. The van der Waals surface area contributed by atoms with Gasteiger partial charge in [-0.15, -0.1) is 0 Å². The van der Waals surface area contributed by atoms with Gasteiger partial charge in [0, 0.05) is 17.3 Å². The summed E-state index contributed by atoms with van der Waals surface area (Å²) < 4.78 is 10.8. The summed E-state index contributed by atoms with van der Waals surface area (Å²) in [5.74, 6) is 0.636. The second kappa shape index (κ2) is 9.25. The van der Waals surface area contributed by atoms with E-state index in [9.17, 15) is 10.1 Å². The lowest BCUT2D eigenvalue weighted by molar-refractivity contribution is -0.112. The number of carbonyl (C=O) groups excluding carboxylic acids is 1. The fourth-order valence-corrected chi connectivity index (χ4v) is 2.36. The molecule has 138 valence electrons. The zero-order valence-corrected chi connectivity index (χ0v) is 15.7. The van der Waals surface area contributed by atoms with Gasteiger partial charge in [0.1, 0.15) is 29.7 Å². The van der Waals surface area contributed by atoms with E-state index in [1.54, 1.807) is 37.5 Å². The van der Waals surface area contributed by atoms with Gasteiger partial charge in [0.05, 0.1) is 7.11 Å². The van der Waals surface area contributed by atoms with Crippen LogP contribution < -0.4 is 14.8 Å². The third kappa shape index (κ3) is 5.23. The molecule has 2 aromatic rings. The van der Waals surface area contributed by atoms with Crippen LogP contribution in [0, 0.1) is 25.2 Å².